The van der Waals surface area contributed by atoms with Crippen molar-refractivity contribution in [1.82, 2.24) is 0 Å². The molecular formula is C17H18ClFO2. The highest BCUT2D eigenvalue weighted by atomic mass is 35.5. The second-order valence-electron chi connectivity index (χ2n) is 4.94. The predicted molar refractivity (Wildman–Crippen MR) is 83.1 cm³/mol. The molecule has 21 heavy (non-hydrogen) atoms. The lowest BCUT2D eigenvalue weighted by molar-refractivity contribution is 0.399. The van der Waals surface area contributed by atoms with Crippen LogP contribution in [0.15, 0.2) is 30.3 Å². The molecule has 0 aliphatic rings. The number of methoxy groups -OCH3 is 2. The minimum atomic E-state index is -0.437. The highest BCUT2D eigenvalue weighted by Gasteiger charge is 2.18. The molecule has 0 fully saturated rings. The number of ether oxygens (including phenoxy) is 2. The van der Waals surface area contributed by atoms with Crippen molar-refractivity contribution < 1.29 is 13.9 Å². The molecule has 4 heteroatoms. The summed E-state index contributed by atoms with van der Waals surface area (Å²) in [6, 6.07) is 8.99. The number of rotatable bonds is 4. The Hall–Kier alpha value is -1.74. The summed E-state index contributed by atoms with van der Waals surface area (Å²) in [5, 5.41) is -0.437. The molecule has 2 rings (SSSR count). The van der Waals surface area contributed by atoms with Crippen molar-refractivity contribution in [2.75, 3.05) is 14.2 Å². The van der Waals surface area contributed by atoms with Crippen LogP contribution in [0, 0.1) is 19.7 Å². The molecule has 1 atom stereocenters. The summed E-state index contributed by atoms with van der Waals surface area (Å²) in [6.45, 7) is 3.47. The van der Waals surface area contributed by atoms with Gasteiger partial charge in [0.15, 0.2) is 0 Å². The first kappa shape index (κ1) is 15.6. The molecule has 2 nitrogen and oxygen atoms in total. The molecule has 0 heterocycles. The molecule has 112 valence electrons. The van der Waals surface area contributed by atoms with Crippen LogP contribution in [0.2, 0.25) is 0 Å². The van der Waals surface area contributed by atoms with E-state index < -0.39 is 5.38 Å². The summed E-state index contributed by atoms with van der Waals surface area (Å²) in [6.07, 6.45) is 0. The highest BCUT2D eigenvalue weighted by molar-refractivity contribution is 6.22. The van der Waals surface area contributed by atoms with Crippen LogP contribution in [0.5, 0.6) is 11.5 Å². The van der Waals surface area contributed by atoms with Crippen LogP contribution in [0.4, 0.5) is 4.39 Å². The quantitative estimate of drug-likeness (QED) is 0.756. The lowest BCUT2D eigenvalue weighted by atomic mass is 9.99. The number of alkyl halides is 1. The smallest absolute Gasteiger partial charge is 0.129 e. The predicted octanol–water partition coefficient (Wildman–Crippen LogP) is 4.79. The van der Waals surface area contributed by atoms with Crippen LogP contribution < -0.4 is 9.47 Å². The normalized spacial score (nSPS) is 12.1. The molecule has 0 radical (unpaired) electrons. The lowest BCUT2D eigenvalue weighted by Gasteiger charge is -2.17. The molecule has 0 saturated carbocycles. The Balaban J connectivity index is 2.51. The van der Waals surface area contributed by atoms with Gasteiger partial charge in [0.2, 0.25) is 0 Å². The number of hydrogen-bond acceptors (Lipinski definition) is 2. The van der Waals surface area contributed by atoms with Gasteiger partial charge >= 0.3 is 0 Å². The van der Waals surface area contributed by atoms with Crippen LogP contribution in [0.1, 0.15) is 27.6 Å². The number of benzene rings is 2. The van der Waals surface area contributed by atoms with Crippen molar-refractivity contribution >= 4 is 11.6 Å². The van der Waals surface area contributed by atoms with Crippen molar-refractivity contribution in [3.63, 3.8) is 0 Å². The topological polar surface area (TPSA) is 18.5 Å². The summed E-state index contributed by atoms with van der Waals surface area (Å²) in [7, 11) is 3.19. The van der Waals surface area contributed by atoms with Gasteiger partial charge < -0.3 is 9.47 Å². The minimum Gasteiger partial charge on any atom is -0.497 e. The standard InChI is InChI=1S/C17H18ClFO2/c1-10-7-12(8-11(2)17(10)19)16(18)14-9-13(20-3)5-6-15(14)21-4/h5-9,16H,1-4H3. The van der Waals surface area contributed by atoms with Gasteiger partial charge in [-0.25, -0.2) is 4.39 Å². The largest absolute Gasteiger partial charge is 0.497 e. The molecular weight excluding hydrogens is 291 g/mol. The zero-order valence-corrected chi connectivity index (χ0v) is 13.3. The van der Waals surface area contributed by atoms with Gasteiger partial charge in [0.05, 0.1) is 19.6 Å². The van der Waals surface area contributed by atoms with Gasteiger partial charge in [0, 0.05) is 5.56 Å². The Morgan fingerprint density at radius 2 is 1.62 bits per heavy atom. The number of hydrogen-bond donors (Lipinski definition) is 0. The van der Waals surface area contributed by atoms with Crippen LogP contribution in [0.25, 0.3) is 0 Å². The van der Waals surface area contributed by atoms with E-state index >= 15 is 0 Å². The summed E-state index contributed by atoms with van der Waals surface area (Å²) in [5.74, 6) is 1.18. The van der Waals surface area contributed by atoms with Gasteiger partial charge in [-0.3, -0.25) is 0 Å². The van der Waals surface area contributed by atoms with Gasteiger partial charge in [-0.1, -0.05) is 12.1 Å². The van der Waals surface area contributed by atoms with Gasteiger partial charge in [-0.15, -0.1) is 11.6 Å². The summed E-state index contributed by atoms with van der Waals surface area (Å²) in [4.78, 5) is 0. The van der Waals surface area contributed by atoms with E-state index in [4.69, 9.17) is 21.1 Å². The third kappa shape index (κ3) is 3.13. The number of aryl methyl sites for hydroxylation is 2. The zero-order valence-electron chi connectivity index (χ0n) is 12.5. The number of halogens is 2. The average Bonchev–Trinajstić information content (AvgIpc) is 2.50. The molecule has 2 aromatic rings. The van der Waals surface area contributed by atoms with E-state index in [0.29, 0.717) is 22.6 Å². The maximum absolute atomic E-state index is 13.8. The van der Waals surface area contributed by atoms with Gasteiger partial charge in [-0.2, -0.15) is 0 Å². The van der Waals surface area contributed by atoms with Crippen molar-refractivity contribution in [3.8, 4) is 11.5 Å². The summed E-state index contributed by atoms with van der Waals surface area (Å²) >= 11 is 6.58. The van der Waals surface area contributed by atoms with E-state index in [2.05, 4.69) is 0 Å². The summed E-state index contributed by atoms with van der Waals surface area (Å²) in [5.41, 5.74) is 2.79. The lowest BCUT2D eigenvalue weighted by Crippen LogP contribution is -2.01. The Labute approximate surface area is 129 Å². The van der Waals surface area contributed by atoms with Crippen molar-refractivity contribution in [1.29, 1.82) is 0 Å². The molecule has 0 bridgehead atoms. The van der Waals surface area contributed by atoms with Gasteiger partial charge in [0.1, 0.15) is 17.3 Å². The molecule has 1 unspecified atom stereocenters. The van der Waals surface area contributed by atoms with Crippen LogP contribution in [0.3, 0.4) is 0 Å². The second-order valence-corrected chi connectivity index (χ2v) is 5.38. The van der Waals surface area contributed by atoms with E-state index in [-0.39, 0.29) is 5.82 Å². The Morgan fingerprint density at radius 1 is 1.00 bits per heavy atom. The van der Waals surface area contributed by atoms with Crippen molar-refractivity contribution in [2.45, 2.75) is 19.2 Å². The first-order valence-corrected chi connectivity index (χ1v) is 7.04. The van der Waals surface area contributed by atoms with Crippen molar-refractivity contribution in [3.05, 3.63) is 58.4 Å². The fraction of sp³-hybridized carbons (Fsp3) is 0.294. The van der Waals surface area contributed by atoms with Crippen LogP contribution in [-0.2, 0) is 0 Å². The van der Waals surface area contributed by atoms with Gasteiger partial charge in [0.25, 0.3) is 0 Å². The highest BCUT2D eigenvalue weighted by Crippen LogP contribution is 2.38. The fourth-order valence-corrected chi connectivity index (χ4v) is 2.64. The molecule has 0 aromatic heterocycles. The zero-order chi connectivity index (χ0) is 15.6. The summed E-state index contributed by atoms with van der Waals surface area (Å²) < 4.78 is 24.3. The van der Waals surface area contributed by atoms with E-state index in [1.165, 1.54) is 0 Å². The molecule has 0 amide bonds. The first-order valence-electron chi connectivity index (χ1n) is 6.60. The molecule has 0 aliphatic carbocycles. The third-order valence-electron chi connectivity index (χ3n) is 3.46. The van der Waals surface area contributed by atoms with E-state index in [9.17, 15) is 4.39 Å². The van der Waals surface area contributed by atoms with Crippen LogP contribution >= 0.6 is 11.6 Å². The Kier molecular flexibility index (Phi) is 4.73. The average molecular weight is 309 g/mol. The van der Waals surface area contributed by atoms with Crippen molar-refractivity contribution in [2.24, 2.45) is 0 Å². The molecule has 0 aliphatic heterocycles. The maximum atomic E-state index is 13.8. The van der Waals surface area contributed by atoms with Gasteiger partial charge in [-0.05, 0) is 48.7 Å². The SMILES string of the molecule is COc1ccc(OC)c(C(Cl)c2cc(C)c(F)c(C)c2)c1. The monoisotopic (exact) mass is 308 g/mol. The van der Waals surface area contributed by atoms with E-state index in [1.807, 2.05) is 18.2 Å². The minimum absolute atomic E-state index is 0.194. The van der Waals surface area contributed by atoms with E-state index in [0.717, 1.165) is 11.1 Å². The maximum Gasteiger partial charge on any atom is 0.129 e. The van der Waals surface area contributed by atoms with Crippen LogP contribution in [-0.4, -0.2) is 14.2 Å². The molecule has 0 spiro atoms. The second kappa shape index (κ2) is 6.35. The molecule has 2 aromatic carbocycles. The Bertz CT molecular complexity index is 632. The molecule has 0 N–H and O–H groups in total. The fourth-order valence-electron chi connectivity index (χ4n) is 2.34. The Morgan fingerprint density at radius 3 is 2.14 bits per heavy atom. The molecule has 0 saturated heterocycles. The third-order valence-corrected chi connectivity index (χ3v) is 3.95. The first-order chi connectivity index (χ1) is 9.97. The van der Waals surface area contributed by atoms with E-state index in [1.54, 1.807) is 40.2 Å².